The second kappa shape index (κ2) is 8.95. The van der Waals surface area contributed by atoms with E-state index in [9.17, 15) is 13.2 Å². The van der Waals surface area contributed by atoms with Gasteiger partial charge in [0.25, 0.3) is 5.91 Å². The lowest BCUT2D eigenvalue weighted by atomic mass is 10.1. The molecular formula is C23H24N4O5S. The van der Waals surface area contributed by atoms with Gasteiger partial charge in [0.05, 0.1) is 4.90 Å². The van der Waals surface area contributed by atoms with Gasteiger partial charge in [-0.1, -0.05) is 6.07 Å². The van der Waals surface area contributed by atoms with Crippen LogP contribution in [0.4, 0.5) is 0 Å². The summed E-state index contributed by atoms with van der Waals surface area (Å²) < 4.78 is 38.4. The standard InChI is InChI=1S/C23H24N4O5S/c28-22(15-31-20-7-4-18(5-8-20)23-25-24-16-32-23)26-10-12-27(13-11-26)33(29,30)21-9-6-17-2-1-3-19(17)14-21/h4-9,14,16H,1-3,10-13,15H2. The van der Waals surface area contributed by atoms with Gasteiger partial charge in [-0.2, -0.15) is 4.31 Å². The first-order chi connectivity index (χ1) is 16.0. The number of benzene rings is 2. The predicted octanol–water partition coefficient (Wildman–Crippen LogP) is 2.14. The van der Waals surface area contributed by atoms with Crippen LogP contribution in [-0.4, -0.2) is 66.5 Å². The van der Waals surface area contributed by atoms with Crippen LogP contribution < -0.4 is 4.74 Å². The SMILES string of the molecule is O=C(COc1ccc(-c2nnco2)cc1)N1CCN(S(=O)(=O)c2ccc3c(c2)CCC3)CC1. The maximum absolute atomic E-state index is 13.1. The number of amides is 1. The second-order valence-corrected chi connectivity index (χ2v) is 10.1. The highest BCUT2D eigenvalue weighted by atomic mass is 32.2. The first-order valence-electron chi connectivity index (χ1n) is 10.9. The van der Waals surface area contributed by atoms with Crippen LogP contribution in [0.1, 0.15) is 17.5 Å². The third-order valence-corrected chi connectivity index (χ3v) is 8.02. The summed E-state index contributed by atoms with van der Waals surface area (Å²) in [7, 11) is -3.56. The van der Waals surface area contributed by atoms with Crippen molar-refractivity contribution in [2.75, 3.05) is 32.8 Å². The molecule has 0 bridgehead atoms. The average molecular weight is 469 g/mol. The Bertz CT molecular complexity index is 1230. The Morgan fingerprint density at radius 3 is 2.48 bits per heavy atom. The molecule has 9 nitrogen and oxygen atoms in total. The van der Waals surface area contributed by atoms with E-state index in [1.54, 1.807) is 35.2 Å². The normalized spacial score (nSPS) is 16.5. The number of ether oxygens (including phenoxy) is 1. The number of piperazine rings is 1. The van der Waals surface area contributed by atoms with Crippen molar-refractivity contribution in [3.63, 3.8) is 0 Å². The monoisotopic (exact) mass is 468 g/mol. The lowest BCUT2D eigenvalue weighted by Crippen LogP contribution is -2.51. The fraction of sp³-hybridized carbons (Fsp3) is 0.348. The molecule has 33 heavy (non-hydrogen) atoms. The number of carbonyl (C=O) groups is 1. The quantitative estimate of drug-likeness (QED) is 0.546. The fourth-order valence-electron chi connectivity index (χ4n) is 4.26. The predicted molar refractivity (Wildman–Crippen MR) is 119 cm³/mol. The van der Waals surface area contributed by atoms with Crippen LogP contribution in [0, 0.1) is 0 Å². The number of hydrogen-bond acceptors (Lipinski definition) is 7. The van der Waals surface area contributed by atoms with Crippen molar-refractivity contribution < 1.29 is 22.4 Å². The molecule has 1 amide bonds. The van der Waals surface area contributed by atoms with E-state index in [-0.39, 0.29) is 25.6 Å². The molecule has 1 aromatic heterocycles. The van der Waals surface area contributed by atoms with Crippen molar-refractivity contribution >= 4 is 15.9 Å². The minimum absolute atomic E-state index is 0.114. The van der Waals surface area contributed by atoms with Gasteiger partial charge in [-0.25, -0.2) is 8.42 Å². The molecule has 0 radical (unpaired) electrons. The van der Waals surface area contributed by atoms with Crippen LogP contribution in [0.2, 0.25) is 0 Å². The Morgan fingerprint density at radius 2 is 1.76 bits per heavy atom. The fourth-order valence-corrected chi connectivity index (χ4v) is 5.74. The third-order valence-electron chi connectivity index (χ3n) is 6.12. The van der Waals surface area contributed by atoms with E-state index >= 15 is 0 Å². The zero-order valence-electron chi connectivity index (χ0n) is 18.0. The zero-order valence-corrected chi connectivity index (χ0v) is 18.8. The smallest absolute Gasteiger partial charge is 0.260 e. The number of rotatable bonds is 6. The minimum atomic E-state index is -3.56. The summed E-state index contributed by atoms with van der Waals surface area (Å²) in [6, 6.07) is 12.5. The molecule has 172 valence electrons. The number of aryl methyl sites for hydroxylation is 2. The highest BCUT2D eigenvalue weighted by molar-refractivity contribution is 7.89. The van der Waals surface area contributed by atoms with E-state index in [1.807, 2.05) is 12.1 Å². The van der Waals surface area contributed by atoms with Gasteiger partial charge in [-0.05, 0) is 66.8 Å². The Balaban J connectivity index is 1.14. The van der Waals surface area contributed by atoms with Crippen LogP contribution in [0.15, 0.2) is 58.2 Å². The lowest BCUT2D eigenvalue weighted by Gasteiger charge is -2.34. The number of nitrogens with zero attached hydrogens (tertiary/aromatic N) is 4. The van der Waals surface area contributed by atoms with E-state index in [0.29, 0.717) is 29.6 Å². The Kier molecular flexibility index (Phi) is 5.86. The lowest BCUT2D eigenvalue weighted by molar-refractivity contribution is -0.134. The molecule has 2 aliphatic rings. The van der Waals surface area contributed by atoms with Gasteiger partial charge in [0, 0.05) is 31.7 Å². The number of fused-ring (bicyclic) bond motifs is 1. The Hall–Kier alpha value is -3.24. The van der Waals surface area contributed by atoms with Crippen LogP contribution in [0.5, 0.6) is 5.75 Å². The molecule has 3 aromatic rings. The summed E-state index contributed by atoms with van der Waals surface area (Å²) in [5.74, 6) is 0.778. The second-order valence-electron chi connectivity index (χ2n) is 8.13. The molecular weight excluding hydrogens is 444 g/mol. The molecule has 5 rings (SSSR count). The minimum Gasteiger partial charge on any atom is -0.484 e. The number of sulfonamides is 1. The zero-order chi connectivity index (χ0) is 22.8. The number of carbonyl (C=O) groups excluding carboxylic acids is 1. The van der Waals surface area contributed by atoms with Gasteiger partial charge in [-0.15, -0.1) is 10.2 Å². The van der Waals surface area contributed by atoms with Gasteiger partial charge < -0.3 is 14.1 Å². The maximum Gasteiger partial charge on any atom is 0.260 e. The van der Waals surface area contributed by atoms with Gasteiger partial charge in [-0.3, -0.25) is 4.79 Å². The summed E-state index contributed by atoms with van der Waals surface area (Å²) in [5.41, 5.74) is 3.13. The molecule has 0 unspecified atom stereocenters. The van der Waals surface area contributed by atoms with Crippen LogP contribution in [0.3, 0.4) is 0 Å². The van der Waals surface area contributed by atoms with E-state index in [1.165, 1.54) is 16.3 Å². The van der Waals surface area contributed by atoms with Crippen molar-refractivity contribution in [2.24, 2.45) is 0 Å². The summed E-state index contributed by atoms with van der Waals surface area (Å²) in [6.07, 6.45) is 4.28. The van der Waals surface area contributed by atoms with Crippen molar-refractivity contribution in [1.82, 2.24) is 19.4 Å². The Labute approximate surface area is 192 Å². The van der Waals surface area contributed by atoms with Gasteiger partial charge in [0.2, 0.25) is 22.3 Å². The molecule has 0 N–H and O–H groups in total. The highest BCUT2D eigenvalue weighted by Crippen LogP contribution is 2.27. The van der Waals surface area contributed by atoms with Crippen molar-refractivity contribution in [3.8, 4) is 17.2 Å². The summed E-state index contributed by atoms with van der Waals surface area (Å²) in [4.78, 5) is 14.6. The molecule has 10 heteroatoms. The molecule has 2 aromatic carbocycles. The van der Waals surface area contributed by atoms with Crippen LogP contribution >= 0.6 is 0 Å². The third kappa shape index (κ3) is 4.49. The average Bonchev–Trinajstić information content (AvgIpc) is 3.55. The highest BCUT2D eigenvalue weighted by Gasteiger charge is 2.31. The Morgan fingerprint density at radius 1 is 1.00 bits per heavy atom. The first-order valence-corrected chi connectivity index (χ1v) is 12.3. The largest absolute Gasteiger partial charge is 0.484 e. The van der Waals surface area contributed by atoms with Crippen molar-refractivity contribution in [1.29, 1.82) is 0 Å². The van der Waals surface area contributed by atoms with Gasteiger partial charge >= 0.3 is 0 Å². The van der Waals surface area contributed by atoms with E-state index in [4.69, 9.17) is 9.15 Å². The molecule has 0 saturated carbocycles. The molecule has 0 atom stereocenters. The number of hydrogen-bond donors (Lipinski definition) is 0. The van der Waals surface area contributed by atoms with Crippen LogP contribution in [0.25, 0.3) is 11.5 Å². The van der Waals surface area contributed by atoms with Crippen LogP contribution in [-0.2, 0) is 27.7 Å². The van der Waals surface area contributed by atoms with Crippen molar-refractivity contribution in [3.05, 3.63) is 60.0 Å². The van der Waals surface area contributed by atoms with E-state index < -0.39 is 10.0 Å². The van der Waals surface area contributed by atoms with E-state index in [0.717, 1.165) is 30.4 Å². The molecule has 2 heterocycles. The van der Waals surface area contributed by atoms with Gasteiger partial charge in [0.15, 0.2) is 6.61 Å². The molecule has 1 saturated heterocycles. The molecule has 1 aliphatic carbocycles. The number of aromatic nitrogens is 2. The summed E-state index contributed by atoms with van der Waals surface area (Å²) in [5, 5.41) is 7.49. The first kappa shape index (κ1) is 21.6. The van der Waals surface area contributed by atoms with Gasteiger partial charge in [0.1, 0.15) is 5.75 Å². The maximum atomic E-state index is 13.1. The molecule has 1 fully saturated rings. The molecule has 0 spiro atoms. The summed E-state index contributed by atoms with van der Waals surface area (Å²) in [6.45, 7) is 1.09. The topological polar surface area (TPSA) is 106 Å². The van der Waals surface area contributed by atoms with Crippen molar-refractivity contribution in [2.45, 2.75) is 24.2 Å². The molecule has 1 aliphatic heterocycles. The van der Waals surface area contributed by atoms with E-state index in [2.05, 4.69) is 10.2 Å². The summed E-state index contributed by atoms with van der Waals surface area (Å²) >= 11 is 0.